The quantitative estimate of drug-likeness (QED) is 0.207. The van der Waals surface area contributed by atoms with E-state index in [0.29, 0.717) is 6.42 Å². The van der Waals surface area contributed by atoms with E-state index in [1.165, 1.54) is 64.2 Å². The zero-order valence-electron chi connectivity index (χ0n) is 18.3. The average molecular weight is 414 g/mol. The molecule has 0 aromatic rings. The maximum absolute atomic E-state index is 11.7. The monoisotopic (exact) mass is 413 g/mol. The second-order valence-corrected chi connectivity index (χ2v) is 7.94. The van der Waals surface area contributed by atoms with Crippen molar-refractivity contribution in [2.45, 2.75) is 109 Å². The van der Waals surface area contributed by atoms with Crippen LogP contribution in [-0.2, 0) is 19.1 Å². The molecule has 0 saturated heterocycles. The highest BCUT2D eigenvalue weighted by atomic mass is 16.5. The molecule has 0 aliphatic heterocycles. The van der Waals surface area contributed by atoms with E-state index < -0.39 is 23.8 Å². The molecular weight excluding hydrogens is 370 g/mol. The van der Waals surface area contributed by atoms with Crippen molar-refractivity contribution in [2.75, 3.05) is 6.61 Å². The van der Waals surface area contributed by atoms with Gasteiger partial charge in [0.05, 0.1) is 18.6 Å². The van der Waals surface area contributed by atoms with Gasteiger partial charge in [0.25, 0.3) is 0 Å². The van der Waals surface area contributed by atoms with E-state index in [0.717, 1.165) is 19.3 Å². The lowest BCUT2D eigenvalue weighted by Crippen LogP contribution is -2.48. The summed E-state index contributed by atoms with van der Waals surface area (Å²) in [6.45, 7) is 2.25. The maximum Gasteiger partial charge on any atom is 0.305 e. The molecule has 0 radical (unpaired) electrons. The van der Waals surface area contributed by atoms with Crippen LogP contribution in [-0.4, -0.2) is 30.4 Å². The van der Waals surface area contributed by atoms with Gasteiger partial charge in [-0.25, -0.2) is 0 Å². The first-order valence-corrected chi connectivity index (χ1v) is 11.4. The maximum atomic E-state index is 11.7. The summed E-state index contributed by atoms with van der Waals surface area (Å²) in [7, 11) is 0. The van der Waals surface area contributed by atoms with Crippen molar-refractivity contribution >= 4 is 17.8 Å². The van der Waals surface area contributed by atoms with Crippen molar-refractivity contribution in [2.24, 2.45) is 23.1 Å². The Balaban J connectivity index is 3.54. The van der Waals surface area contributed by atoms with Crippen molar-refractivity contribution < 1.29 is 19.1 Å². The van der Waals surface area contributed by atoms with Gasteiger partial charge in [0, 0.05) is 6.42 Å². The summed E-state index contributed by atoms with van der Waals surface area (Å²) in [5, 5.41) is 0. The van der Waals surface area contributed by atoms with Crippen LogP contribution in [0.15, 0.2) is 0 Å². The molecule has 0 bridgehead atoms. The first-order valence-electron chi connectivity index (χ1n) is 11.4. The minimum Gasteiger partial charge on any atom is -0.466 e. The Hall–Kier alpha value is -1.63. The van der Waals surface area contributed by atoms with Gasteiger partial charge in [-0.05, 0) is 12.8 Å². The number of carbonyl (C=O) groups is 3. The van der Waals surface area contributed by atoms with Crippen LogP contribution in [0.2, 0.25) is 0 Å². The number of carbonyl (C=O) groups excluding carboxylic acids is 3. The average Bonchev–Trinajstić information content (AvgIpc) is 2.68. The van der Waals surface area contributed by atoms with E-state index in [-0.39, 0.29) is 19.0 Å². The number of unbranched alkanes of at least 4 members (excludes halogenated alkanes) is 12. The highest BCUT2D eigenvalue weighted by molar-refractivity contribution is 5.88. The Morgan fingerprint density at radius 1 is 0.724 bits per heavy atom. The van der Waals surface area contributed by atoms with Crippen LogP contribution in [0.5, 0.6) is 0 Å². The van der Waals surface area contributed by atoms with Crippen LogP contribution in [0, 0.1) is 5.92 Å². The molecule has 2 atom stereocenters. The van der Waals surface area contributed by atoms with Gasteiger partial charge in [-0.15, -0.1) is 0 Å². The van der Waals surface area contributed by atoms with Crippen LogP contribution in [0.25, 0.3) is 0 Å². The van der Waals surface area contributed by atoms with Crippen molar-refractivity contribution in [1.82, 2.24) is 0 Å². The van der Waals surface area contributed by atoms with Crippen LogP contribution in [0.4, 0.5) is 0 Å². The first kappa shape index (κ1) is 27.4. The third-order valence-electron chi connectivity index (χ3n) is 5.30. The standard InChI is InChI=1S/C22H43N3O4/c1-2-3-4-5-6-7-8-9-10-11-12-13-14-15-19(26)29-17-16-18(21(24)27)20(23)22(25)28/h18,20H,2-17,23H2,1H3,(H2,24,27)(H2,25,28). The van der Waals surface area contributed by atoms with Gasteiger partial charge in [-0.3, -0.25) is 14.4 Å². The van der Waals surface area contributed by atoms with Crippen LogP contribution < -0.4 is 17.2 Å². The molecule has 0 fully saturated rings. The van der Waals surface area contributed by atoms with Crippen LogP contribution in [0.3, 0.4) is 0 Å². The van der Waals surface area contributed by atoms with Crippen LogP contribution in [0.1, 0.15) is 103 Å². The lowest BCUT2D eigenvalue weighted by molar-refractivity contribution is -0.145. The summed E-state index contributed by atoms with van der Waals surface area (Å²) in [4.78, 5) is 34.1. The highest BCUT2D eigenvalue weighted by Gasteiger charge is 2.27. The van der Waals surface area contributed by atoms with Crippen molar-refractivity contribution in [3.05, 3.63) is 0 Å². The molecule has 7 heteroatoms. The fourth-order valence-electron chi connectivity index (χ4n) is 3.36. The molecule has 0 saturated carbocycles. The highest BCUT2D eigenvalue weighted by Crippen LogP contribution is 2.13. The van der Waals surface area contributed by atoms with Crippen molar-refractivity contribution in [1.29, 1.82) is 0 Å². The van der Waals surface area contributed by atoms with E-state index in [2.05, 4.69) is 6.92 Å². The topological polar surface area (TPSA) is 138 Å². The smallest absolute Gasteiger partial charge is 0.305 e. The summed E-state index contributed by atoms with van der Waals surface area (Å²) in [6.07, 6.45) is 16.7. The largest absolute Gasteiger partial charge is 0.466 e. The molecule has 29 heavy (non-hydrogen) atoms. The molecule has 170 valence electrons. The number of esters is 1. The number of nitrogens with two attached hydrogens (primary N) is 3. The van der Waals surface area contributed by atoms with E-state index in [9.17, 15) is 14.4 Å². The number of rotatable bonds is 20. The third-order valence-corrected chi connectivity index (χ3v) is 5.30. The molecule has 0 aliphatic rings. The third kappa shape index (κ3) is 15.9. The number of primary amides is 2. The lowest BCUT2D eigenvalue weighted by atomic mass is 9.96. The molecule has 2 amide bonds. The summed E-state index contributed by atoms with van der Waals surface area (Å²) in [5.74, 6) is -2.74. The van der Waals surface area contributed by atoms with Crippen LogP contribution >= 0.6 is 0 Å². The molecule has 6 N–H and O–H groups in total. The summed E-state index contributed by atoms with van der Waals surface area (Å²) in [6, 6.07) is -1.16. The summed E-state index contributed by atoms with van der Waals surface area (Å²) < 4.78 is 5.11. The SMILES string of the molecule is CCCCCCCCCCCCCCCC(=O)OCCC(C(N)=O)C(N)C(N)=O. The van der Waals surface area contributed by atoms with E-state index >= 15 is 0 Å². The zero-order chi connectivity index (χ0) is 21.9. The molecule has 7 nitrogen and oxygen atoms in total. The molecule has 0 aromatic heterocycles. The zero-order valence-corrected chi connectivity index (χ0v) is 18.3. The molecule has 0 aromatic carbocycles. The number of hydrogen-bond acceptors (Lipinski definition) is 5. The fourth-order valence-corrected chi connectivity index (χ4v) is 3.36. The second kappa shape index (κ2) is 18.4. The van der Waals surface area contributed by atoms with Gasteiger partial charge in [0.1, 0.15) is 0 Å². The van der Waals surface area contributed by atoms with Gasteiger partial charge >= 0.3 is 5.97 Å². The van der Waals surface area contributed by atoms with Gasteiger partial charge in [-0.1, -0.05) is 84.0 Å². The van der Waals surface area contributed by atoms with Gasteiger partial charge in [-0.2, -0.15) is 0 Å². The van der Waals surface area contributed by atoms with E-state index in [1.807, 2.05) is 0 Å². The number of ether oxygens (including phenoxy) is 1. The minimum atomic E-state index is -1.16. The molecule has 2 unspecified atom stereocenters. The summed E-state index contributed by atoms with van der Waals surface area (Å²) >= 11 is 0. The van der Waals surface area contributed by atoms with Crippen molar-refractivity contribution in [3.8, 4) is 0 Å². The molecule has 0 heterocycles. The number of hydrogen-bond donors (Lipinski definition) is 3. The van der Waals surface area contributed by atoms with Gasteiger partial charge < -0.3 is 21.9 Å². The predicted molar refractivity (Wildman–Crippen MR) is 116 cm³/mol. The van der Waals surface area contributed by atoms with Gasteiger partial charge in [0.2, 0.25) is 11.8 Å². The second-order valence-electron chi connectivity index (χ2n) is 7.94. The Morgan fingerprint density at radius 3 is 1.59 bits per heavy atom. The Labute approximate surface area is 176 Å². The summed E-state index contributed by atoms with van der Waals surface area (Å²) in [5.41, 5.74) is 15.9. The Bertz CT molecular complexity index is 457. The minimum absolute atomic E-state index is 0.00582. The lowest BCUT2D eigenvalue weighted by Gasteiger charge is -2.17. The fraction of sp³-hybridized carbons (Fsp3) is 0.864. The van der Waals surface area contributed by atoms with E-state index in [4.69, 9.17) is 21.9 Å². The van der Waals surface area contributed by atoms with E-state index in [1.54, 1.807) is 0 Å². The number of amides is 2. The molecule has 0 rings (SSSR count). The molecular formula is C22H43N3O4. The van der Waals surface area contributed by atoms with Crippen molar-refractivity contribution in [3.63, 3.8) is 0 Å². The normalized spacial score (nSPS) is 13.0. The Kier molecular flexibility index (Phi) is 17.4. The molecule has 0 spiro atoms. The Morgan fingerprint density at radius 2 is 1.17 bits per heavy atom. The van der Waals surface area contributed by atoms with Gasteiger partial charge in [0.15, 0.2) is 0 Å². The predicted octanol–water partition coefficient (Wildman–Crippen LogP) is 3.32. The first-order chi connectivity index (χ1) is 13.9. The molecule has 0 aliphatic carbocycles.